The van der Waals surface area contributed by atoms with E-state index in [2.05, 4.69) is 13.2 Å². The van der Waals surface area contributed by atoms with E-state index in [1.807, 2.05) is 67.6 Å². The van der Waals surface area contributed by atoms with Gasteiger partial charge >= 0.3 is 5.97 Å². The standard InChI is InChI=1S/C39H49N3O7/c1-5-7-20-31(44)40(4)27(3)34(29-18-12-9-13-19-29)48-38(47)32-30-21-22-39(49-30)33(32)36(45)42(24-14-15-25-43)35(39)37(46)41(23-6-2)26-28-16-10-8-11-17-28/h5-6,8-13,16-19,27,30,32-35,43H,1-2,7,14-15,20-26H2,3-4H3/t27-,30-,32+,33+,34+,35-,39+/m0/s1. The second-order valence-corrected chi connectivity index (χ2v) is 13.4. The SMILES string of the molecule is C=CCCC(=O)N(C)[C@@H](C)[C@@H](OC(=O)[C@@H]1[C@@H]2CC[C@]3(O2)[C@H](C(=O)N(CC=C)Cc2ccccc2)N(CCCCO)C(=O)[C@@H]13)c1ccccc1. The van der Waals surface area contributed by atoms with Gasteiger partial charge in [-0.05, 0) is 50.2 Å². The van der Waals surface area contributed by atoms with Gasteiger partial charge in [0.25, 0.3) is 0 Å². The Bertz CT molecular complexity index is 1500. The van der Waals surface area contributed by atoms with Crippen LogP contribution in [0, 0.1) is 11.8 Å². The van der Waals surface area contributed by atoms with E-state index >= 15 is 0 Å². The Kier molecular flexibility index (Phi) is 11.7. The summed E-state index contributed by atoms with van der Waals surface area (Å²) in [6.07, 6.45) is 4.70. The summed E-state index contributed by atoms with van der Waals surface area (Å²) in [4.78, 5) is 61.2. The average Bonchev–Trinajstić information content (AvgIpc) is 3.76. The number of ether oxygens (including phenoxy) is 2. The molecule has 3 saturated heterocycles. The van der Waals surface area contributed by atoms with Crippen LogP contribution in [0.25, 0.3) is 0 Å². The summed E-state index contributed by atoms with van der Waals surface area (Å²) < 4.78 is 13.0. The second kappa shape index (κ2) is 16.0. The molecular weight excluding hydrogens is 622 g/mol. The first-order valence-electron chi connectivity index (χ1n) is 17.3. The van der Waals surface area contributed by atoms with Crippen LogP contribution in [0.4, 0.5) is 0 Å². The van der Waals surface area contributed by atoms with Crippen molar-refractivity contribution in [3.05, 3.63) is 97.1 Å². The molecule has 0 saturated carbocycles. The fraction of sp³-hybridized carbons (Fsp3) is 0.487. The number of amides is 3. The summed E-state index contributed by atoms with van der Waals surface area (Å²) in [6.45, 7) is 10.2. The number of likely N-dealkylation sites (tertiary alicyclic amines) is 1. The molecule has 0 unspecified atom stereocenters. The topological polar surface area (TPSA) is 117 Å². The van der Waals surface area contributed by atoms with E-state index in [1.54, 1.807) is 33.9 Å². The number of benzene rings is 2. The molecule has 10 heteroatoms. The van der Waals surface area contributed by atoms with Crippen LogP contribution in [-0.4, -0.2) is 94.0 Å². The van der Waals surface area contributed by atoms with Crippen LogP contribution in [0.1, 0.15) is 62.7 Å². The molecule has 3 fully saturated rings. The number of aliphatic hydroxyl groups excluding tert-OH is 1. The molecule has 1 spiro atoms. The zero-order valence-electron chi connectivity index (χ0n) is 28.6. The summed E-state index contributed by atoms with van der Waals surface area (Å²) in [5, 5.41) is 9.52. The number of aliphatic hydroxyl groups is 1. The maximum Gasteiger partial charge on any atom is 0.313 e. The van der Waals surface area contributed by atoms with Gasteiger partial charge in [-0.3, -0.25) is 19.2 Å². The second-order valence-electron chi connectivity index (χ2n) is 13.4. The molecule has 49 heavy (non-hydrogen) atoms. The van der Waals surface area contributed by atoms with Crippen molar-refractivity contribution >= 4 is 23.7 Å². The summed E-state index contributed by atoms with van der Waals surface area (Å²) >= 11 is 0. The molecule has 7 atom stereocenters. The fourth-order valence-electron chi connectivity index (χ4n) is 7.82. The van der Waals surface area contributed by atoms with Crippen molar-refractivity contribution in [1.29, 1.82) is 0 Å². The number of nitrogens with zero attached hydrogens (tertiary/aromatic N) is 3. The highest BCUT2D eigenvalue weighted by atomic mass is 16.6. The molecule has 0 aliphatic carbocycles. The van der Waals surface area contributed by atoms with Crippen molar-refractivity contribution in [1.82, 2.24) is 14.7 Å². The zero-order valence-corrected chi connectivity index (χ0v) is 28.6. The first-order valence-corrected chi connectivity index (χ1v) is 17.3. The maximum absolute atomic E-state index is 14.6. The van der Waals surface area contributed by atoms with Crippen molar-refractivity contribution in [2.24, 2.45) is 11.8 Å². The normalized spacial score (nSPS) is 25.0. The summed E-state index contributed by atoms with van der Waals surface area (Å²) in [5.74, 6) is -3.05. The van der Waals surface area contributed by atoms with Gasteiger partial charge in [-0.15, -0.1) is 13.2 Å². The predicted molar refractivity (Wildman–Crippen MR) is 185 cm³/mol. The monoisotopic (exact) mass is 671 g/mol. The molecule has 5 rings (SSSR count). The largest absolute Gasteiger partial charge is 0.455 e. The Balaban J connectivity index is 1.46. The predicted octanol–water partition coefficient (Wildman–Crippen LogP) is 4.45. The molecule has 10 nitrogen and oxygen atoms in total. The van der Waals surface area contributed by atoms with E-state index in [0.717, 1.165) is 11.1 Å². The van der Waals surface area contributed by atoms with Crippen LogP contribution in [-0.2, 0) is 35.2 Å². The van der Waals surface area contributed by atoms with E-state index in [9.17, 15) is 24.3 Å². The smallest absolute Gasteiger partial charge is 0.313 e. The molecule has 3 aliphatic heterocycles. The van der Waals surface area contributed by atoms with E-state index in [4.69, 9.17) is 9.47 Å². The minimum absolute atomic E-state index is 0.0388. The Morgan fingerprint density at radius 2 is 1.78 bits per heavy atom. The first kappa shape index (κ1) is 36.0. The summed E-state index contributed by atoms with van der Waals surface area (Å²) in [7, 11) is 1.70. The van der Waals surface area contributed by atoms with Crippen molar-refractivity contribution in [3.8, 4) is 0 Å². The molecule has 1 N–H and O–H groups in total. The first-order chi connectivity index (χ1) is 23.7. The van der Waals surface area contributed by atoms with Crippen molar-refractivity contribution in [2.75, 3.05) is 26.7 Å². The molecule has 0 radical (unpaired) electrons. The molecule has 2 aromatic carbocycles. The molecule has 2 bridgehead atoms. The highest BCUT2D eigenvalue weighted by Gasteiger charge is 2.75. The Morgan fingerprint density at radius 3 is 2.43 bits per heavy atom. The lowest BCUT2D eigenvalue weighted by molar-refractivity contribution is -0.164. The highest BCUT2D eigenvalue weighted by molar-refractivity contribution is 5.98. The third-order valence-corrected chi connectivity index (χ3v) is 10.4. The number of hydrogen-bond acceptors (Lipinski definition) is 7. The highest BCUT2D eigenvalue weighted by Crippen LogP contribution is 2.59. The van der Waals surface area contributed by atoms with Crippen molar-refractivity contribution < 1.29 is 33.8 Å². The van der Waals surface area contributed by atoms with Gasteiger partial charge in [0, 0.05) is 39.7 Å². The van der Waals surface area contributed by atoms with Crippen molar-refractivity contribution in [3.63, 3.8) is 0 Å². The van der Waals surface area contributed by atoms with Crippen LogP contribution in [0.3, 0.4) is 0 Å². The number of fused-ring (bicyclic) bond motifs is 1. The lowest BCUT2D eigenvalue weighted by Gasteiger charge is -2.37. The van der Waals surface area contributed by atoms with Crippen LogP contribution < -0.4 is 0 Å². The lowest BCUT2D eigenvalue weighted by atomic mass is 9.70. The van der Waals surface area contributed by atoms with Crippen LogP contribution in [0.2, 0.25) is 0 Å². The van der Waals surface area contributed by atoms with Crippen molar-refractivity contribution in [2.45, 2.75) is 81.9 Å². The molecule has 3 aliphatic rings. The number of carbonyl (C=O) groups excluding carboxylic acids is 4. The van der Waals surface area contributed by atoms with Gasteiger partial charge in [-0.25, -0.2) is 0 Å². The number of hydrogen-bond donors (Lipinski definition) is 1. The summed E-state index contributed by atoms with van der Waals surface area (Å²) in [5.41, 5.74) is 0.473. The van der Waals surface area contributed by atoms with Gasteiger partial charge in [-0.1, -0.05) is 72.8 Å². The van der Waals surface area contributed by atoms with Gasteiger partial charge in [-0.2, -0.15) is 0 Å². The lowest BCUT2D eigenvalue weighted by Crippen LogP contribution is -2.56. The number of allylic oxidation sites excluding steroid dienone is 1. The molecule has 3 heterocycles. The van der Waals surface area contributed by atoms with Gasteiger partial charge in [0.1, 0.15) is 17.7 Å². The quantitative estimate of drug-likeness (QED) is 0.150. The number of esters is 1. The zero-order chi connectivity index (χ0) is 35.1. The third-order valence-electron chi connectivity index (χ3n) is 10.4. The number of carbonyl (C=O) groups is 4. The minimum Gasteiger partial charge on any atom is -0.455 e. The van der Waals surface area contributed by atoms with Gasteiger partial charge in [0.05, 0.1) is 24.0 Å². The van der Waals surface area contributed by atoms with E-state index in [0.29, 0.717) is 38.6 Å². The average molecular weight is 672 g/mol. The Hall–Kier alpha value is -4.28. The van der Waals surface area contributed by atoms with E-state index in [-0.39, 0.29) is 43.8 Å². The van der Waals surface area contributed by atoms with Crippen LogP contribution in [0.5, 0.6) is 0 Å². The maximum atomic E-state index is 14.6. The Labute approximate surface area is 289 Å². The van der Waals surface area contributed by atoms with Gasteiger partial charge in [0.2, 0.25) is 17.7 Å². The minimum atomic E-state index is -1.19. The van der Waals surface area contributed by atoms with E-state index < -0.39 is 47.7 Å². The molecule has 2 aromatic rings. The Morgan fingerprint density at radius 1 is 1.08 bits per heavy atom. The fourth-order valence-corrected chi connectivity index (χ4v) is 7.82. The number of unbranched alkanes of at least 4 members (excludes halogenated alkanes) is 1. The molecule has 3 amide bonds. The van der Waals surface area contributed by atoms with Gasteiger partial charge < -0.3 is 29.3 Å². The molecule has 262 valence electrons. The molecule has 0 aromatic heterocycles. The number of likely N-dealkylation sites (N-methyl/N-ethyl adjacent to an activating group) is 1. The van der Waals surface area contributed by atoms with Crippen LogP contribution >= 0.6 is 0 Å². The summed E-state index contributed by atoms with van der Waals surface area (Å²) in [6, 6.07) is 17.5. The third kappa shape index (κ3) is 7.21. The number of rotatable bonds is 17. The van der Waals surface area contributed by atoms with Gasteiger partial charge in [0.15, 0.2) is 0 Å². The van der Waals surface area contributed by atoms with Crippen LogP contribution in [0.15, 0.2) is 86.0 Å². The molecular formula is C39H49N3O7. The van der Waals surface area contributed by atoms with E-state index in [1.165, 1.54) is 0 Å².